The number of ether oxygens (including phenoxy) is 2. The van der Waals surface area contributed by atoms with Gasteiger partial charge in [0, 0.05) is 17.8 Å². The maximum atomic E-state index is 11.9. The van der Waals surface area contributed by atoms with Crippen molar-refractivity contribution in [2.24, 2.45) is 35.5 Å². The molecule has 0 aromatic rings. The van der Waals surface area contributed by atoms with Gasteiger partial charge in [0.2, 0.25) is 0 Å². The minimum Gasteiger partial charge on any atom is -0.431 e. The van der Waals surface area contributed by atoms with Crippen LogP contribution in [-0.2, 0) is 19.1 Å². The Kier molecular flexibility index (Phi) is 1.65. The molecule has 18 heavy (non-hydrogen) atoms. The van der Waals surface area contributed by atoms with Crippen LogP contribution in [0.2, 0.25) is 0 Å². The largest absolute Gasteiger partial charge is 0.431 e. The number of esters is 2. The second-order valence-corrected chi connectivity index (χ2v) is 5.42. The fourth-order valence-corrected chi connectivity index (χ4v) is 4.11. The Hall–Kier alpha value is -1.84. The van der Waals surface area contributed by atoms with Gasteiger partial charge in [-0.3, -0.25) is 9.59 Å². The van der Waals surface area contributed by atoms with Gasteiger partial charge < -0.3 is 9.47 Å². The average molecular weight is 244 g/mol. The van der Waals surface area contributed by atoms with Gasteiger partial charge in [0.15, 0.2) is 0 Å². The summed E-state index contributed by atoms with van der Waals surface area (Å²) in [6.45, 7) is 7.67. The first kappa shape index (κ1) is 10.1. The van der Waals surface area contributed by atoms with Crippen molar-refractivity contribution in [3.05, 3.63) is 36.8 Å². The van der Waals surface area contributed by atoms with E-state index in [2.05, 4.69) is 19.2 Å². The molecule has 1 saturated carbocycles. The topological polar surface area (TPSA) is 52.6 Å². The van der Waals surface area contributed by atoms with E-state index in [0.717, 1.165) is 0 Å². The number of cyclic esters (lactones) is 2. The van der Waals surface area contributed by atoms with Crippen LogP contribution in [0.3, 0.4) is 0 Å². The smallest absolute Gasteiger partial charge is 0.315 e. The van der Waals surface area contributed by atoms with E-state index in [1.807, 2.05) is 6.08 Å². The van der Waals surface area contributed by atoms with Crippen LogP contribution in [0.5, 0.6) is 0 Å². The lowest BCUT2D eigenvalue weighted by Crippen LogP contribution is -2.48. The highest BCUT2D eigenvalue weighted by Crippen LogP contribution is 2.60. The van der Waals surface area contributed by atoms with Gasteiger partial charge in [-0.05, 0) is 5.92 Å². The summed E-state index contributed by atoms with van der Waals surface area (Å²) >= 11 is 0. The first-order valence-electron chi connectivity index (χ1n) is 6.09. The lowest BCUT2D eigenvalue weighted by atomic mass is 9.54. The lowest BCUT2D eigenvalue weighted by Gasteiger charge is -2.44. The average Bonchev–Trinajstić information content (AvgIpc) is 2.81. The van der Waals surface area contributed by atoms with Crippen LogP contribution in [-0.4, -0.2) is 11.9 Å². The van der Waals surface area contributed by atoms with Gasteiger partial charge in [-0.1, -0.05) is 25.3 Å². The molecule has 4 atom stereocenters. The SMILES string of the molecule is C=C1OC(=O)C2C3C=CC(C12)C1C(=C)OC(=O)C31. The minimum absolute atomic E-state index is 0.0278. The summed E-state index contributed by atoms with van der Waals surface area (Å²) in [5, 5.41) is 0. The molecule has 3 aliphatic carbocycles. The van der Waals surface area contributed by atoms with E-state index in [-0.39, 0.29) is 47.4 Å². The molecule has 4 unspecified atom stereocenters. The summed E-state index contributed by atoms with van der Waals surface area (Å²) < 4.78 is 10.3. The van der Waals surface area contributed by atoms with Gasteiger partial charge in [-0.15, -0.1) is 0 Å². The minimum atomic E-state index is -0.271. The summed E-state index contributed by atoms with van der Waals surface area (Å²) in [7, 11) is 0. The highest BCUT2D eigenvalue weighted by molar-refractivity contribution is 5.84. The molecule has 2 heterocycles. The number of rotatable bonds is 0. The van der Waals surface area contributed by atoms with Gasteiger partial charge in [0.1, 0.15) is 11.5 Å². The lowest BCUT2D eigenvalue weighted by molar-refractivity contribution is -0.146. The maximum Gasteiger partial charge on any atom is 0.315 e. The summed E-state index contributed by atoms with van der Waals surface area (Å²) in [4.78, 5) is 23.8. The Morgan fingerprint density at radius 3 is 1.61 bits per heavy atom. The predicted octanol–water partition coefficient (Wildman–Crippen LogP) is 1.41. The van der Waals surface area contributed by atoms with Crippen LogP contribution in [0.25, 0.3) is 0 Å². The normalized spacial score (nSPS) is 48.0. The fraction of sp³-hybridized carbons (Fsp3) is 0.429. The molecule has 0 aromatic carbocycles. The number of carbonyl (C=O) groups excluding carboxylic acids is 2. The number of carbonyl (C=O) groups is 2. The quantitative estimate of drug-likeness (QED) is 0.477. The molecule has 5 rings (SSSR count). The second kappa shape index (κ2) is 2.94. The Morgan fingerprint density at radius 1 is 0.778 bits per heavy atom. The highest BCUT2D eigenvalue weighted by atomic mass is 16.6. The van der Waals surface area contributed by atoms with Gasteiger partial charge in [0.05, 0.1) is 11.8 Å². The molecule has 0 N–H and O–H groups in total. The van der Waals surface area contributed by atoms with E-state index in [1.165, 1.54) is 0 Å². The molecule has 2 bridgehead atoms. The van der Waals surface area contributed by atoms with Crippen molar-refractivity contribution >= 4 is 11.9 Å². The van der Waals surface area contributed by atoms with Crippen molar-refractivity contribution in [2.75, 3.05) is 0 Å². The summed E-state index contributed by atoms with van der Waals surface area (Å²) in [5.41, 5.74) is 0. The van der Waals surface area contributed by atoms with Crippen LogP contribution in [0.4, 0.5) is 0 Å². The van der Waals surface area contributed by atoms with Crippen LogP contribution >= 0.6 is 0 Å². The van der Waals surface area contributed by atoms with Crippen LogP contribution in [0, 0.1) is 35.5 Å². The van der Waals surface area contributed by atoms with E-state index in [4.69, 9.17) is 9.47 Å². The Bertz CT molecular complexity index is 456. The Labute approximate surface area is 104 Å². The Balaban J connectivity index is 1.88. The number of hydrogen-bond donors (Lipinski definition) is 0. The number of hydrogen-bond acceptors (Lipinski definition) is 4. The zero-order valence-electron chi connectivity index (χ0n) is 9.67. The van der Waals surface area contributed by atoms with Crippen LogP contribution in [0.1, 0.15) is 0 Å². The monoisotopic (exact) mass is 244 g/mol. The predicted molar refractivity (Wildman–Crippen MR) is 60.5 cm³/mol. The van der Waals surface area contributed by atoms with E-state index in [1.54, 1.807) is 0 Å². The van der Waals surface area contributed by atoms with Crippen molar-refractivity contribution in [2.45, 2.75) is 0 Å². The Morgan fingerprint density at radius 2 is 1.17 bits per heavy atom. The van der Waals surface area contributed by atoms with Gasteiger partial charge in [-0.2, -0.15) is 0 Å². The standard InChI is InChI=1S/C14H12O4/c1-5-9-7-3-4-8(11(9)13(15)17-5)12-10(7)6(2)18-14(12)16/h3-4,7-12H,1-2H2. The molecular weight excluding hydrogens is 232 g/mol. The molecule has 2 saturated heterocycles. The first-order chi connectivity index (χ1) is 8.59. The molecule has 0 spiro atoms. The third kappa shape index (κ3) is 0.937. The molecule has 2 aliphatic heterocycles. The van der Waals surface area contributed by atoms with Gasteiger partial charge in [0.25, 0.3) is 0 Å². The van der Waals surface area contributed by atoms with E-state index in [0.29, 0.717) is 11.5 Å². The number of allylic oxidation sites excluding steroid dienone is 4. The third-order valence-electron chi connectivity index (χ3n) is 4.74. The molecule has 3 fully saturated rings. The van der Waals surface area contributed by atoms with Gasteiger partial charge >= 0.3 is 11.9 Å². The van der Waals surface area contributed by atoms with Crippen molar-refractivity contribution < 1.29 is 19.1 Å². The van der Waals surface area contributed by atoms with Crippen molar-refractivity contribution in [3.63, 3.8) is 0 Å². The molecule has 5 aliphatic rings. The maximum absolute atomic E-state index is 11.9. The molecule has 0 amide bonds. The van der Waals surface area contributed by atoms with Crippen LogP contribution in [0.15, 0.2) is 36.8 Å². The molecule has 0 aromatic heterocycles. The molecule has 92 valence electrons. The summed E-state index contributed by atoms with van der Waals surface area (Å²) in [5.74, 6) is -0.156. The summed E-state index contributed by atoms with van der Waals surface area (Å²) in [6, 6.07) is 0. The zero-order chi connectivity index (χ0) is 12.6. The van der Waals surface area contributed by atoms with Crippen molar-refractivity contribution in [1.29, 1.82) is 0 Å². The fourth-order valence-electron chi connectivity index (χ4n) is 4.11. The molecule has 4 heteroatoms. The first-order valence-corrected chi connectivity index (χ1v) is 6.09. The van der Waals surface area contributed by atoms with E-state index < -0.39 is 0 Å². The van der Waals surface area contributed by atoms with Crippen molar-refractivity contribution in [1.82, 2.24) is 0 Å². The van der Waals surface area contributed by atoms with Gasteiger partial charge in [-0.25, -0.2) is 0 Å². The third-order valence-corrected chi connectivity index (χ3v) is 4.74. The molecule has 0 radical (unpaired) electrons. The molecule has 4 nitrogen and oxygen atoms in total. The zero-order valence-corrected chi connectivity index (χ0v) is 9.67. The molecular formula is C14H12O4. The van der Waals surface area contributed by atoms with E-state index >= 15 is 0 Å². The summed E-state index contributed by atoms with van der Waals surface area (Å²) in [6.07, 6.45) is 4.03. The van der Waals surface area contributed by atoms with Crippen molar-refractivity contribution in [3.8, 4) is 0 Å². The highest BCUT2D eigenvalue weighted by Gasteiger charge is 2.64. The second-order valence-electron chi connectivity index (χ2n) is 5.42. The van der Waals surface area contributed by atoms with E-state index in [9.17, 15) is 9.59 Å². The van der Waals surface area contributed by atoms with Crippen LogP contribution < -0.4 is 0 Å².